The number of nitrogens with one attached hydrogen (secondary N) is 2. The van der Waals surface area contributed by atoms with Gasteiger partial charge in [-0.15, -0.1) is 23.7 Å². The summed E-state index contributed by atoms with van der Waals surface area (Å²) in [5, 5.41) is 16.3. The van der Waals surface area contributed by atoms with Crippen molar-refractivity contribution < 1.29 is 27.1 Å². The molecule has 22 heavy (non-hydrogen) atoms. The van der Waals surface area contributed by atoms with E-state index in [9.17, 15) is 27.1 Å². The molecule has 1 aliphatic heterocycles. The molecule has 0 radical (unpaired) electrons. The van der Waals surface area contributed by atoms with Gasteiger partial charge in [0, 0.05) is 25.6 Å². The molecule has 0 saturated carbocycles. The lowest BCUT2D eigenvalue weighted by atomic mass is 10.1. The Bertz CT molecular complexity index is 623. The Morgan fingerprint density at radius 2 is 2.18 bits per heavy atom. The Hall–Kier alpha value is -0.810. The standard InChI is InChI=1S/C11H14F2N2O4S2.ClH/c12-11(13)21(18,19)8-1-2-20-9(8)10(17)15-4-6-3-14-5-7(6)16;/h1-2,6-7,11,14,16H,3-5H2,(H,15,17);1H. The Labute approximate surface area is 136 Å². The monoisotopic (exact) mass is 376 g/mol. The summed E-state index contributed by atoms with van der Waals surface area (Å²) < 4.78 is 48.0. The number of sulfone groups is 1. The van der Waals surface area contributed by atoms with Gasteiger partial charge in [-0.25, -0.2) is 8.42 Å². The fraction of sp³-hybridized carbons (Fsp3) is 0.545. The lowest BCUT2D eigenvalue weighted by Crippen LogP contribution is -2.34. The van der Waals surface area contributed by atoms with E-state index < -0.39 is 32.5 Å². The number of rotatable bonds is 5. The molecule has 2 rings (SSSR count). The van der Waals surface area contributed by atoms with Crippen LogP contribution in [0.1, 0.15) is 9.67 Å². The van der Waals surface area contributed by atoms with Gasteiger partial charge in [-0.1, -0.05) is 0 Å². The molecule has 126 valence electrons. The number of hydrogen-bond acceptors (Lipinski definition) is 6. The highest BCUT2D eigenvalue weighted by Crippen LogP contribution is 2.26. The molecule has 2 atom stereocenters. The summed E-state index contributed by atoms with van der Waals surface area (Å²) in [7, 11) is -4.80. The molecule has 1 aromatic rings. The van der Waals surface area contributed by atoms with Gasteiger partial charge >= 0.3 is 5.76 Å². The van der Waals surface area contributed by atoms with Gasteiger partial charge in [0.1, 0.15) is 4.88 Å². The van der Waals surface area contributed by atoms with Gasteiger partial charge in [-0.05, 0) is 11.4 Å². The minimum absolute atomic E-state index is 0. The van der Waals surface area contributed by atoms with E-state index in [-0.39, 0.29) is 29.7 Å². The molecule has 1 fully saturated rings. The number of amides is 1. The molecule has 1 saturated heterocycles. The average Bonchev–Trinajstić information content (AvgIpc) is 3.04. The summed E-state index contributed by atoms with van der Waals surface area (Å²) >= 11 is 0.783. The molecule has 0 spiro atoms. The van der Waals surface area contributed by atoms with Crippen molar-refractivity contribution in [1.29, 1.82) is 0 Å². The van der Waals surface area contributed by atoms with E-state index in [0.717, 1.165) is 17.4 Å². The fourth-order valence-electron chi connectivity index (χ4n) is 2.01. The quantitative estimate of drug-likeness (QED) is 0.694. The number of carbonyl (C=O) groups excluding carboxylic acids is 1. The van der Waals surface area contributed by atoms with Crippen LogP contribution in [-0.2, 0) is 9.84 Å². The normalized spacial score (nSPS) is 21.6. The number of alkyl halides is 2. The van der Waals surface area contributed by atoms with Crippen LogP contribution >= 0.6 is 23.7 Å². The number of halogens is 3. The van der Waals surface area contributed by atoms with E-state index in [1.54, 1.807) is 0 Å². The van der Waals surface area contributed by atoms with Gasteiger partial charge in [0.05, 0.1) is 11.0 Å². The summed E-state index contributed by atoms with van der Waals surface area (Å²) in [6, 6.07) is 0.993. The van der Waals surface area contributed by atoms with Gasteiger partial charge in [-0.2, -0.15) is 8.78 Å². The molecule has 0 bridgehead atoms. The first-order chi connectivity index (χ1) is 9.84. The Balaban J connectivity index is 0.00000242. The predicted molar refractivity (Wildman–Crippen MR) is 79.5 cm³/mol. The summed E-state index contributed by atoms with van der Waals surface area (Å²) in [5.41, 5.74) is 0. The molecular formula is C11H15ClF2N2O4S2. The van der Waals surface area contributed by atoms with Crippen LogP contribution in [0.15, 0.2) is 16.3 Å². The smallest absolute Gasteiger partial charge is 0.341 e. The third-order valence-electron chi connectivity index (χ3n) is 3.21. The van der Waals surface area contributed by atoms with Crippen LogP contribution in [0.2, 0.25) is 0 Å². The lowest BCUT2D eigenvalue weighted by Gasteiger charge is -2.14. The van der Waals surface area contributed by atoms with Crippen LogP contribution in [0.3, 0.4) is 0 Å². The van der Waals surface area contributed by atoms with Crippen molar-refractivity contribution in [2.75, 3.05) is 19.6 Å². The maximum Gasteiger partial charge on any atom is 0.341 e. The van der Waals surface area contributed by atoms with Crippen molar-refractivity contribution in [2.45, 2.75) is 16.8 Å². The summed E-state index contributed by atoms with van der Waals surface area (Å²) in [6.45, 7) is 1.08. The van der Waals surface area contributed by atoms with Crippen molar-refractivity contribution in [3.8, 4) is 0 Å². The number of β-amino-alcohol motifs (C(OH)–C–C–N with tert-alkyl or cyclic N) is 1. The second-order valence-electron chi connectivity index (χ2n) is 4.62. The van der Waals surface area contributed by atoms with Crippen molar-refractivity contribution >= 4 is 39.5 Å². The number of thiophene rings is 1. The van der Waals surface area contributed by atoms with Crippen LogP contribution < -0.4 is 10.6 Å². The molecule has 3 N–H and O–H groups in total. The molecule has 1 aromatic heterocycles. The zero-order valence-electron chi connectivity index (χ0n) is 11.2. The second-order valence-corrected chi connectivity index (χ2v) is 7.42. The van der Waals surface area contributed by atoms with Crippen LogP contribution in [0.4, 0.5) is 8.78 Å². The van der Waals surface area contributed by atoms with Gasteiger partial charge in [0.15, 0.2) is 0 Å². The maximum atomic E-state index is 12.5. The Morgan fingerprint density at radius 3 is 2.73 bits per heavy atom. The minimum Gasteiger partial charge on any atom is -0.391 e. The zero-order chi connectivity index (χ0) is 15.6. The van der Waals surface area contributed by atoms with Crippen molar-refractivity contribution in [3.63, 3.8) is 0 Å². The molecule has 2 unspecified atom stereocenters. The fourth-order valence-corrected chi connectivity index (χ4v) is 4.10. The van der Waals surface area contributed by atoms with Gasteiger partial charge in [0.2, 0.25) is 9.84 Å². The predicted octanol–water partition coefficient (Wildman–Crippen LogP) is 0.476. The number of aliphatic hydroxyl groups is 1. The lowest BCUT2D eigenvalue weighted by molar-refractivity contribution is 0.0928. The largest absolute Gasteiger partial charge is 0.391 e. The second kappa shape index (κ2) is 7.64. The first-order valence-electron chi connectivity index (χ1n) is 6.10. The minimum atomic E-state index is -4.80. The molecule has 0 aromatic carbocycles. The molecule has 2 heterocycles. The van der Waals surface area contributed by atoms with Gasteiger partial charge < -0.3 is 15.7 Å². The molecule has 6 nitrogen and oxygen atoms in total. The number of carbonyl (C=O) groups is 1. The van der Waals surface area contributed by atoms with Crippen LogP contribution in [0, 0.1) is 5.92 Å². The highest BCUT2D eigenvalue weighted by molar-refractivity contribution is 7.92. The molecule has 11 heteroatoms. The summed E-state index contributed by atoms with van der Waals surface area (Å²) in [5.74, 6) is -4.49. The van der Waals surface area contributed by atoms with E-state index >= 15 is 0 Å². The first-order valence-corrected chi connectivity index (χ1v) is 8.53. The third-order valence-corrected chi connectivity index (χ3v) is 5.67. The number of hydrogen-bond donors (Lipinski definition) is 3. The van der Waals surface area contributed by atoms with Crippen LogP contribution in [0.25, 0.3) is 0 Å². The van der Waals surface area contributed by atoms with E-state index in [4.69, 9.17) is 0 Å². The maximum absolute atomic E-state index is 12.5. The Kier molecular flexibility index (Phi) is 6.68. The molecule has 0 aliphatic carbocycles. The van der Waals surface area contributed by atoms with Crippen molar-refractivity contribution in [1.82, 2.24) is 10.6 Å². The third kappa shape index (κ3) is 3.93. The van der Waals surface area contributed by atoms with Crippen LogP contribution in [0.5, 0.6) is 0 Å². The highest BCUT2D eigenvalue weighted by Gasteiger charge is 2.32. The van der Waals surface area contributed by atoms with Crippen molar-refractivity contribution in [2.24, 2.45) is 5.92 Å². The average molecular weight is 377 g/mol. The highest BCUT2D eigenvalue weighted by atomic mass is 35.5. The van der Waals surface area contributed by atoms with Gasteiger partial charge in [0.25, 0.3) is 5.91 Å². The topological polar surface area (TPSA) is 95.5 Å². The van der Waals surface area contributed by atoms with Crippen molar-refractivity contribution in [3.05, 3.63) is 16.3 Å². The molecule has 1 aliphatic rings. The summed E-state index contributed by atoms with van der Waals surface area (Å²) in [6.07, 6.45) is -0.599. The van der Waals surface area contributed by atoms with Gasteiger partial charge in [-0.3, -0.25) is 4.79 Å². The van der Waals surface area contributed by atoms with Crippen LogP contribution in [-0.4, -0.2) is 50.9 Å². The molecular weight excluding hydrogens is 362 g/mol. The summed E-state index contributed by atoms with van der Waals surface area (Å²) in [4.78, 5) is 11.0. The van der Waals surface area contributed by atoms with E-state index in [1.165, 1.54) is 5.38 Å². The van der Waals surface area contributed by atoms with E-state index in [1.807, 2.05) is 0 Å². The Morgan fingerprint density at radius 1 is 1.50 bits per heavy atom. The first kappa shape index (κ1) is 19.2. The number of aliphatic hydroxyl groups excluding tert-OH is 1. The molecule has 1 amide bonds. The van der Waals surface area contributed by atoms with E-state index in [2.05, 4.69) is 10.6 Å². The van der Waals surface area contributed by atoms with E-state index in [0.29, 0.717) is 13.1 Å². The zero-order valence-corrected chi connectivity index (χ0v) is 13.6. The SMILES string of the molecule is Cl.O=C(NCC1CNCC1O)c1sccc1S(=O)(=O)C(F)F.